The Labute approximate surface area is 190 Å². The smallest absolute Gasteiger partial charge is 0.175 e. The SMILES string of the molecule is CCOc1cc(CNCC(O)c2ccccc2)cc(Br)c1OCc1ccc(Cl)cc1. The van der Waals surface area contributed by atoms with Crippen LogP contribution in [0.15, 0.2) is 71.2 Å². The minimum Gasteiger partial charge on any atom is -0.490 e. The largest absolute Gasteiger partial charge is 0.490 e. The van der Waals surface area contributed by atoms with Crippen LogP contribution >= 0.6 is 27.5 Å². The molecule has 0 aliphatic heterocycles. The standard InChI is InChI=1S/C24H25BrClNO3/c1-2-29-23-13-18(14-27-15-22(28)19-6-4-3-5-7-19)12-21(25)24(23)30-16-17-8-10-20(26)11-9-17/h3-13,22,27-28H,2,14-16H2,1H3. The van der Waals surface area contributed by atoms with E-state index in [0.29, 0.717) is 42.8 Å². The molecule has 3 rings (SSSR count). The normalized spacial score (nSPS) is 11.9. The van der Waals surface area contributed by atoms with E-state index in [-0.39, 0.29) is 0 Å². The lowest BCUT2D eigenvalue weighted by Crippen LogP contribution is -2.21. The van der Waals surface area contributed by atoms with E-state index in [9.17, 15) is 5.11 Å². The summed E-state index contributed by atoms with van der Waals surface area (Å²) in [6.45, 7) is 3.95. The second-order valence-electron chi connectivity index (χ2n) is 6.81. The van der Waals surface area contributed by atoms with Crippen molar-refractivity contribution in [3.05, 3.63) is 92.9 Å². The van der Waals surface area contributed by atoms with E-state index in [2.05, 4.69) is 21.2 Å². The zero-order valence-electron chi connectivity index (χ0n) is 16.8. The molecule has 6 heteroatoms. The molecule has 158 valence electrons. The van der Waals surface area contributed by atoms with Gasteiger partial charge in [0.15, 0.2) is 11.5 Å². The minimum atomic E-state index is -0.553. The molecule has 1 atom stereocenters. The molecule has 30 heavy (non-hydrogen) atoms. The Morgan fingerprint density at radius 1 is 1.00 bits per heavy atom. The van der Waals surface area contributed by atoms with Gasteiger partial charge in [0.2, 0.25) is 0 Å². The Morgan fingerprint density at radius 3 is 2.43 bits per heavy atom. The third-order valence-electron chi connectivity index (χ3n) is 4.52. The maximum atomic E-state index is 10.3. The van der Waals surface area contributed by atoms with Gasteiger partial charge in [-0.3, -0.25) is 0 Å². The van der Waals surface area contributed by atoms with E-state index in [1.807, 2.05) is 73.7 Å². The van der Waals surface area contributed by atoms with Gasteiger partial charge in [-0.2, -0.15) is 0 Å². The molecule has 0 spiro atoms. The lowest BCUT2D eigenvalue weighted by atomic mass is 10.1. The van der Waals surface area contributed by atoms with Crippen LogP contribution in [0.4, 0.5) is 0 Å². The van der Waals surface area contributed by atoms with Crippen LogP contribution in [0.2, 0.25) is 5.02 Å². The van der Waals surface area contributed by atoms with Crippen molar-refractivity contribution in [3.63, 3.8) is 0 Å². The molecule has 4 nitrogen and oxygen atoms in total. The summed E-state index contributed by atoms with van der Waals surface area (Å²) in [7, 11) is 0. The molecule has 0 aliphatic carbocycles. The lowest BCUT2D eigenvalue weighted by molar-refractivity contribution is 0.174. The van der Waals surface area contributed by atoms with E-state index < -0.39 is 6.10 Å². The molecular formula is C24H25BrClNO3. The number of ether oxygens (including phenoxy) is 2. The van der Waals surface area contributed by atoms with Crippen molar-refractivity contribution in [2.75, 3.05) is 13.2 Å². The third kappa shape index (κ3) is 6.47. The molecule has 0 aromatic heterocycles. The summed E-state index contributed by atoms with van der Waals surface area (Å²) in [4.78, 5) is 0. The van der Waals surface area contributed by atoms with Crippen molar-refractivity contribution in [1.82, 2.24) is 5.32 Å². The number of benzene rings is 3. The summed E-state index contributed by atoms with van der Waals surface area (Å²) in [5.74, 6) is 1.35. The first-order valence-corrected chi connectivity index (χ1v) is 11.0. The van der Waals surface area contributed by atoms with Gasteiger partial charge in [0.25, 0.3) is 0 Å². The molecule has 0 aliphatic rings. The number of aliphatic hydroxyl groups is 1. The van der Waals surface area contributed by atoms with E-state index in [1.54, 1.807) is 0 Å². The van der Waals surface area contributed by atoms with Crippen molar-refractivity contribution >= 4 is 27.5 Å². The predicted molar refractivity (Wildman–Crippen MR) is 124 cm³/mol. The molecule has 2 N–H and O–H groups in total. The topological polar surface area (TPSA) is 50.7 Å². The summed E-state index contributed by atoms with van der Waals surface area (Å²) in [5.41, 5.74) is 2.95. The van der Waals surface area contributed by atoms with Crippen LogP contribution in [0.5, 0.6) is 11.5 Å². The van der Waals surface area contributed by atoms with E-state index in [1.165, 1.54) is 0 Å². The molecular weight excluding hydrogens is 466 g/mol. The zero-order valence-corrected chi connectivity index (χ0v) is 19.1. The van der Waals surface area contributed by atoms with E-state index in [4.69, 9.17) is 21.1 Å². The van der Waals surface area contributed by atoms with Gasteiger partial charge >= 0.3 is 0 Å². The summed E-state index contributed by atoms with van der Waals surface area (Å²) in [6.07, 6.45) is -0.553. The van der Waals surface area contributed by atoms with Gasteiger partial charge in [-0.1, -0.05) is 54.1 Å². The summed E-state index contributed by atoms with van der Waals surface area (Å²) < 4.78 is 12.7. The quantitative estimate of drug-likeness (QED) is 0.371. The molecule has 0 fully saturated rings. The highest BCUT2D eigenvalue weighted by Crippen LogP contribution is 2.37. The van der Waals surface area contributed by atoms with Gasteiger partial charge in [0.1, 0.15) is 6.61 Å². The van der Waals surface area contributed by atoms with Crippen molar-refractivity contribution in [1.29, 1.82) is 0 Å². The third-order valence-corrected chi connectivity index (χ3v) is 5.36. The molecule has 3 aromatic rings. The van der Waals surface area contributed by atoms with Crippen molar-refractivity contribution < 1.29 is 14.6 Å². The maximum Gasteiger partial charge on any atom is 0.175 e. The van der Waals surface area contributed by atoms with E-state index in [0.717, 1.165) is 21.2 Å². The summed E-state index contributed by atoms with van der Waals surface area (Å²) in [6, 6.07) is 21.2. The first-order chi connectivity index (χ1) is 14.6. The number of hydrogen-bond donors (Lipinski definition) is 2. The Morgan fingerprint density at radius 2 is 1.73 bits per heavy atom. The zero-order chi connectivity index (χ0) is 21.3. The highest BCUT2D eigenvalue weighted by atomic mass is 79.9. The van der Waals surface area contributed by atoms with Gasteiger partial charge in [0.05, 0.1) is 17.2 Å². The Bertz CT molecular complexity index is 935. The lowest BCUT2D eigenvalue weighted by Gasteiger charge is -2.17. The van der Waals surface area contributed by atoms with Crippen LogP contribution in [0, 0.1) is 0 Å². The highest BCUT2D eigenvalue weighted by Gasteiger charge is 2.13. The molecule has 1 unspecified atom stereocenters. The molecule has 3 aromatic carbocycles. The Hall–Kier alpha value is -2.05. The highest BCUT2D eigenvalue weighted by molar-refractivity contribution is 9.10. The molecule has 0 heterocycles. The minimum absolute atomic E-state index is 0.413. The van der Waals surface area contributed by atoms with Gasteiger partial charge in [-0.15, -0.1) is 0 Å². The second-order valence-corrected chi connectivity index (χ2v) is 8.10. The Kier molecular flexibility index (Phi) is 8.58. The number of nitrogens with one attached hydrogen (secondary N) is 1. The average Bonchev–Trinajstić information content (AvgIpc) is 2.75. The van der Waals surface area contributed by atoms with Gasteiger partial charge in [-0.05, 0) is 63.8 Å². The Balaban J connectivity index is 1.64. The molecule has 0 saturated carbocycles. The van der Waals surface area contributed by atoms with Gasteiger partial charge in [0, 0.05) is 18.1 Å². The molecule has 0 bridgehead atoms. The van der Waals surface area contributed by atoms with Crippen LogP contribution in [0.25, 0.3) is 0 Å². The van der Waals surface area contributed by atoms with Gasteiger partial charge < -0.3 is 19.9 Å². The first kappa shape index (κ1) is 22.6. The summed E-state index contributed by atoms with van der Waals surface area (Å²) >= 11 is 9.55. The van der Waals surface area contributed by atoms with Crippen LogP contribution in [-0.2, 0) is 13.2 Å². The number of halogens is 2. The second kappa shape index (κ2) is 11.4. The fourth-order valence-corrected chi connectivity index (χ4v) is 3.74. The van der Waals surface area contributed by atoms with E-state index >= 15 is 0 Å². The molecule has 0 saturated heterocycles. The van der Waals surface area contributed by atoms with Crippen molar-refractivity contribution in [2.45, 2.75) is 26.2 Å². The number of aliphatic hydroxyl groups excluding tert-OH is 1. The number of rotatable bonds is 10. The summed E-state index contributed by atoms with van der Waals surface area (Å²) in [5, 5.41) is 14.3. The maximum absolute atomic E-state index is 10.3. The van der Waals surface area contributed by atoms with Crippen molar-refractivity contribution in [3.8, 4) is 11.5 Å². The number of hydrogen-bond acceptors (Lipinski definition) is 4. The van der Waals surface area contributed by atoms with Crippen LogP contribution in [-0.4, -0.2) is 18.3 Å². The first-order valence-electron chi connectivity index (χ1n) is 9.83. The van der Waals surface area contributed by atoms with Crippen molar-refractivity contribution in [2.24, 2.45) is 0 Å². The van der Waals surface area contributed by atoms with Crippen LogP contribution < -0.4 is 14.8 Å². The molecule has 0 amide bonds. The fraction of sp³-hybridized carbons (Fsp3) is 0.250. The molecule has 0 radical (unpaired) electrons. The van der Waals surface area contributed by atoms with Crippen LogP contribution in [0.1, 0.15) is 29.7 Å². The average molecular weight is 491 g/mol. The monoisotopic (exact) mass is 489 g/mol. The fourth-order valence-electron chi connectivity index (χ4n) is 3.01. The van der Waals surface area contributed by atoms with Crippen LogP contribution in [0.3, 0.4) is 0 Å². The van der Waals surface area contributed by atoms with Gasteiger partial charge in [-0.25, -0.2) is 0 Å². The predicted octanol–water partition coefficient (Wildman–Crippen LogP) is 5.90.